The Labute approximate surface area is 124 Å². The van der Waals surface area contributed by atoms with Gasteiger partial charge in [-0.15, -0.1) is 0 Å². The molecule has 5 heteroatoms. The van der Waals surface area contributed by atoms with Gasteiger partial charge in [0.1, 0.15) is 0 Å². The molecule has 0 radical (unpaired) electrons. The Morgan fingerprint density at radius 3 is 2.90 bits per heavy atom. The van der Waals surface area contributed by atoms with E-state index in [1.54, 1.807) is 7.11 Å². The lowest BCUT2D eigenvalue weighted by Crippen LogP contribution is -2.47. The minimum atomic E-state index is -0.989. The molecule has 0 spiro atoms. The van der Waals surface area contributed by atoms with E-state index in [2.05, 4.69) is 11.8 Å². The number of halogens is 2. The molecule has 2 unspecified atom stereocenters. The largest absolute Gasteiger partial charge is 0.388 e. The average Bonchev–Trinajstić information content (AvgIpc) is 2.48. The molecule has 2 atom stereocenters. The van der Waals surface area contributed by atoms with Gasteiger partial charge in [0.25, 0.3) is 0 Å². The number of benzene rings is 1. The summed E-state index contributed by atoms with van der Waals surface area (Å²) in [4.78, 5) is 2.20. The first-order valence-electron chi connectivity index (χ1n) is 7.35. The smallest absolute Gasteiger partial charge is 0.164 e. The molecule has 3 nitrogen and oxygen atoms in total. The van der Waals surface area contributed by atoms with E-state index in [0.717, 1.165) is 32.0 Å². The van der Waals surface area contributed by atoms with Crippen LogP contribution in [0.4, 0.5) is 8.78 Å². The van der Waals surface area contributed by atoms with Crippen LogP contribution in [-0.4, -0.2) is 42.4 Å². The van der Waals surface area contributed by atoms with Crippen LogP contribution in [0.5, 0.6) is 0 Å². The van der Waals surface area contributed by atoms with E-state index in [1.807, 2.05) is 0 Å². The quantitative estimate of drug-likeness (QED) is 0.907. The van der Waals surface area contributed by atoms with Crippen molar-refractivity contribution >= 4 is 0 Å². The van der Waals surface area contributed by atoms with Crippen molar-refractivity contribution < 1.29 is 18.6 Å². The highest BCUT2D eigenvalue weighted by atomic mass is 19.2. The number of hydrogen-bond donors (Lipinski definition) is 1. The molecule has 1 fully saturated rings. The predicted octanol–water partition coefficient (Wildman–Crippen LogP) is 2.89. The summed E-state index contributed by atoms with van der Waals surface area (Å²) in [7, 11) is 1.71. The maximum atomic E-state index is 13.6. The topological polar surface area (TPSA) is 32.7 Å². The summed E-state index contributed by atoms with van der Waals surface area (Å²) in [5.74, 6) is -1.87. The van der Waals surface area contributed by atoms with Gasteiger partial charge in [0.2, 0.25) is 0 Å². The molecule has 2 rings (SSSR count). The maximum Gasteiger partial charge on any atom is 0.164 e. The number of nitrogens with zero attached hydrogens (tertiary/aromatic N) is 1. The van der Waals surface area contributed by atoms with Crippen LogP contribution in [0.25, 0.3) is 0 Å². The van der Waals surface area contributed by atoms with Gasteiger partial charge in [0.05, 0.1) is 11.7 Å². The van der Waals surface area contributed by atoms with Crippen LogP contribution in [-0.2, 0) is 4.74 Å². The Morgan fingerprint density at radius 1 is 1.43 bits per heavy atom. The first-order chi connectivity index (χ1) is 9.95. The van der Waals surface area contributed by atoms with Crippen molar-refractivity contribution in [1.29, 1.82) is 0 Å². The fourth-order valence-corrected chi connectivity index (χ4v) is 2.90. The van der Waals surface area contributed by atoms with Gasteiger partial charge in [-0.2, -0.15) is 0 Å². The summed E-state index contributed by atoms with van der Waals surface area (Å²) < 4.78 is 32.3. The van der Waals surface area contributed by atoms with Gasteiger partial charge in [-0.3, -0.25) is 0 Å². The molecule has 0 amide bonds. The normalized spacial score (nSPS) is 25.0. The molecule has 21 heavy (non-hydrogen) atoms. The van der Waals surface area contributed by atoms with Crippen LogP contribution < -0.4 is 0 Å². The van der Waals surface area contributed by atoms with Gasteiger partial charge >= 0.3 is 0 Å². The minimum Gasteiger partial charge on any atom is -0.388 e. The first-order valence-corrected chi connectivity index (χ1v) is 7.35. The summed E-state index contributed by atoms with van der Waals surface area (Å²) in [5.41, 5.74) is -0.130. The Kier molecular flexibility index (Phi) is 5.30. The Bertz CT molecular complexity index is 483. The number of methoxy groups -OCH3 is 1. The fraction of sp³-hybridized carbons (Fsp3) is 0.625. The SMILES string of the molecule is COC1(C)CCCN(CCC(O)c2cccc(F)c2F)C1. The van der Waals surface area contributed by atoms with Crippen LogP contribution in [0.1, 0.15) is 37.9 Å². The Morgan fingerprint density at radius 2 is 2.19 bits per heavy atom. The van der Waals surface area contributed by atoms with Gasteiger partial charge in [0.15, 0.2) is 11.6 Å². The van der Waals surface area contributed by atoms with Crippen molar-refractivity contribution in [2.45, 2.75) is 37.9 Å². The molecule has 1 heterocycles. The molecule has 0 aromatic heterocycles. The van der Waals surface area contributed by atoms with Crippen LogP contribution in [0.15, 0.2) is 18.2 Å². The highest BCUT2D eigenvalue weighted by Gasteiger charge is 2.30. The molecule has 1 saturated heterocycles. The zero-order valence-electron chi connectivity index (χ0n) is 12.6. The van der Waals surface area contributed by atoms with E-state index < -0.39 is 17.7 Å². The van der Waals surface area contributed by atoms with Crippen molar-refractivity contribution in [3.8, 4) is 0 Å². The number of rotatable bonds is 5. The third-order valence-corrected chi connectivity index (χ3v) is 4.29. The zero-order chi connectivity index (χ0) is 15.5. The van der Waals surface area contributed by atoms with E-state index in [1.165, 1.54) is 12.1 Å². The molecule has 1 N–H and O–H groups in total. The second-order valence-corrected chi connectivity index (χ2v) is 5.98. The average molecular weight is 299 g/mol. The molecule has 1 aliphatic rings. The van der Waals surface area contributed by atoms with E-state index in [0.29, 0.717) is 13.0 Å². The first kappa shape index (κ1) is 16.3. The highest BCUT2D eigenvalue weighted by Crippen LogP contribution is 2.26. The predicted molar refractivity (Wildman–Crippen MR) is 77.0 cm³/mol. The van der Waals surface area contributed by atoms with Gasteiger partial charge in [-0.05, 0) is 38.8 Å². The number of aliphatic hydroxyl groups excluding tert-OH is 1. The van der Waals surface area contributed by atoms with E-state index in [9.17, 15) is 13.9 Å². The second kappa shape index (κ2) is 6.81. The molecular weight excluding hydrogens is 276 g/mol. The maximum absolute atomic E-state index is 13.6. The summed E-state index contributed by atoms with van der Waals surface area (Å²) >= 11 is 0. The van der Waals surface area contributed by atoms with Crippen molar-refractivity contribution in [2.24, 2.45) is 0 Å². The lowest BCUT2D eigenvalue weighted by molar-refractivity contribution is -0.0528. The summed E-state index contributed by atoms with van der Waals surface area (Å²) in [6, 6.07) is 3.90. The van der Waals surface area contributed by atoms with Gasteiger partial charge in [-0.25, -0.2) is 8.78 Å². The number of piperidine rings is 1. The summed E-state index contributed by atoms with van der Waals surface area (Å²) in [6.45, 7) is 4.44. The van der Waals surface area contributed by atoms with E-state index in [-0.39, 0.29) is 11.2 Å². The van der Waals surface area contributed by atoms with Crippen molar-refractivity contribution in [3.63, 3.8) is 0 Å². The molecular formula is C16H23F2NO2. The van der Waals surface area contributed by atoms with Crippen molar-refractivity contribution in [2.75, 3.05) is 26.7 Å². The van der Waals surface area contributed by atoms with Crippen molar-refractivity contribution in [3.05, 3.63) is 35.4 Å². The van der Waals surface area contributed by atoms with Crippen LogP contribution in [0.3, 0.4) is 0 Å². The van der Waals surface area contributed by atoms with Crippen LogP contribution in [0.2, 0.25) is 0 Å². The third kappa shape index (κ3) is 3.99. The monoisotopic (exact) mass is 299 g/mol. The number of likely N-dealkylation sites (tertiary alicyclic amines) is 1. The molecule has 118 valence electrons. The summed E-state index contributed by atoms with van der Waals surface area (Å²) in [6.07, 6.45) is 1.44. The zero-order valence-corrected chi connectivity index (χ0v) is 12.6. The van der Waals surface area contributed by atoms with Crippen LogP contribution >= 0.6 is 0 Å². The van der Waals surface area contributed by atoms with E-state index >= 15 is 0 Å². The Balaban J connectivity index is 1.92. The third-order valence-electron chi connectivity index (χ3n) is 4.29. The van der Waals surface area contributed by atoms with Gasteiger partial charge in [0, 0.05) is 25.8 Å². The standard InChI is InChI=1S/C16H23F2NO2/c1-16(21-2)8-4-9-19(11-16)10-7-14(20)12-5-3-6-13(17)15(12)18/h3,5-6,14,20H,4,7-11H2,1-2H3. The lowest BCUT2D eigenvalue weighted by atomic mass is 9.94. The fourth-order valence-electron chi connectivity index (χ4n) is 2.90. The van der Waals surface area contributed by atoms with Gasteiger partial charge < -0.3 is 14.7 Å². The number of aliphatic hydroxyl groups is 1. The Hall–Kier alpha value is -1.04. The van der Waals surface area contributed by atoms with Crippen molar-refractivity contribution in [1.82, 2.24) is 4.90 Å². The van der Waals surface area contributed by atoms with Gasteiger partial charge in [-0.1, -0.05) is 12.1 Å². The molecule has 0 bridgehead atoms. The molecule has 0 saturated carbocycles. The summed E-state index contributed by atoms with van der Waals surface area (Å²) in [5, 5.41) is 10.1. The van der Waals surface area contributed by atoms with Crippen LogP contribution in [0, 0.1) is 11.6 Å². The molecule has 1 aliphatic heterocycles. The lowest BCUT2D eigenvalue weighted by Gasteiger charge is -2.39. The number of hydrogen-bond acceptors (Lipinski definition) is 3. The molecule has 1 aromatic rings. The molecule has 0 aliphatic carbocycles. The minimum absolute atomic E-state index is 0.0292. The van der Waals surface area contributed by atoms with E-state index in [4.69, 9.17) is 4.74 Å². The number of ether oxygens (including phenoxy) is 1. The second-order valence-electron chi connectivity index (χ2n) is 5.98. The highest BCUT2D eigenvalue weighted by molar-refractivity contribution is 5.21. The molecule has 1 aromatic carbocycles.